The normalized spacial score (nSPS) is 19.5. The van der Waals surface area contributed by atoms with Gasteiger partial charge in [0, 0.05) is 26.3 Å². The van der Waals surface area contributed by atoms with E-state index in [9.17, 15) is 0 Å². The van der Waals surface area contributed by atoms with E-state index in [0.717, 1.165) is 25.7 Å². The van der Waals surface area contributed by atoms with E-state index in [-0.39, 0.29) is 0 Å². The highest BCUT2D eigenvalue weighted by Gasteiger charge is 2.14. The van der Waals surface area contributed by atoms with Crippen molar-refractivity contribution in [2.45, 2.75) is 26.7 Å². The zero-order valence-corrected chi connectivity index (χ0v) is 8.83. The van der Waals surface area contributed by atoms with Crippen LogP contribution in [-0.2, 0) is 4.74 Å². The highest BCUT2D eigenvalue weighted by Crippen LogP contribution is 2.15. The van der Waals surface area contributed by atoms with Crippen LogP contribution in [-0.4, -0.2) is 31.2 Å². The van der Waals surface area contributed by atoms with Crippen molar-refractivity contribution in [2.24, 2.45) is 5.92 Å². The van der Waals surface area contributed by atoms with Crippen molar-refractivity contribution in [2.75, 3.05) is 26.3 Å². The number of nitrogens with zero attached hydrogens (tertiary/aromatic N) is 1. The first-order valence-corrected chi connectivity index (χ1v) is 5.31. The number of ether oxygens (including phenoxy) is 1. The van der Waals surface area contributed by atoms with E-state index in [1.54, 1.807) is 0 Å². The van der Waals surface area contributed by atoms with E-state index in [4.69, 9.17) is 4.74 Å². The molecular weight excluding hydrogens is 162 g/mol. The number of allylic oxidation sites excluding steroid dienone is 1. The van der Waals surface area contributed by atoms with Gasteiger partial charge in [0.05, 0.1) is 0 Å². The van der Waals surface area contributed by atoms with Gasteiger partial charge >= 0.3 is 0 Å². The molecule has 0 saturated carbocycles. The molecule has 0 bridgehead atoms. The van der Waals surface area contributed by atoms with Crippen molar-refractivity contribution in [1.29, 1.82) is 0 Å². The van der Waals surface area contributed by atoms with Crippen LogP contribution in [0.15, 0.2) is 12.3 Å². The molecule has 1 aliphatic heterocycles. The average Bonchev–Trinajstić information content (AvgIpc) is 2.19. The Hall–Kier alpha value is -0.500. The van der Waals surface area contributed by atoms with Gasteiger partial charge in [-0.1, -0.05) is 6.08 Å². The molecule has 13 heavy (non-hydrogen) atoms. The lowest BCUT2D eigenvalue weighted by Gasteiger charge is -2.28. The van der Waals surface area contributed by atoms with Gasteiger partial charge in [-0.2, -0.15) is 0 Å². The molecular formula is C11H21NO. The Labute approximate surface area is 81.6 Å². The fraction of sp³-hybridized carbons (Fsp3) is 0.818. The summed E-state index contributed by atoms with van der Waals surface area (Å²) in [6.07, 6.45) is 6.76. The van der Waals surface area contributed by atoms with Gasteiger partial charge in [0.25, 0.3) is 0 Å². The van der Waals surface area contributed by atoms with Gasteiger partial charge in [-0.15, -0.1) is 0 Å². The topological polar surface area (TPSA) is 12.5 Å². The minimum atomic E-state index is 0.838. The first-order chi connectivity index (χ1) is 6.36. The fourth-order valence-corrected chi connectivity index (χ4v) is 1.77. The van der Waals surface area contributed by atoms with Crippen LogP contribution in [0, 0.1) is 5.92 Å². The Morgan fingerprint density at radius 1 is 1.38 bits per heavy atom. The molecule has 0 aromatic heterocycles. The van der Waals surface area contributed by atoms with Crippen molar-refractivity contribution >= 4 is 0 Å². The first kappa shape index (κ1) is 10.6. The molecule has 1 aliphatic rings. The monoisotopic (exact) mass is 183 g/mol. The Kier molecular flexibility index (Phi) is 4.91. The van der Waals surface area contributed by atoms with Gasteiger partial charge in [-0.25, -0.2) is 0 Å². The van der Waals surface area contributed by atoms with Gasteiger partial charge in [0.2, 0.25) is 0 Å². The average molecular weight is 183 g/mol. The van der Waals surface area contributed by atoms with Gasteiger partial charge in [-0.3, -0.25) is 0 Å². The summed E-state index contributed by atoms with van der Waals surface area (Å²) in [7, 11) is 0. The SMILES string of the molecule is C/C=C\N(CC)CC1CCOCC1. The molecule has 1 saturated heterocycles. The van der Waals surface area contributed by atoms with E-state index >= 15 is 0 Å². The van der Waals surface area contributed by atoms with Crippen molar-refractivity contribution in [3.05, 3.63) is 12.3 Å². The molecule has 0 atom stereocenters. The van der Waals surface area contributed by atoms with Crippen molar-refractivity contribution in [3.63, 3.8) is 0 Å². The van der Waals surface area contributed by atoms with Crippen molar-refractivity contribution in [1.82, 2.24) is 4.90 Å². The number of hydrogen-bond acceptors (Lipinski definition) is 2. The lowest BCUT2D eigenvalue weighted by Crippen LogP contribution is -2.28. The maximum absolute atomic E-state index is 5.34. The molecule has 2 heteroatoms. The Morgan fingerprint density at radius 3 is 2.62 bits per heavy atom. The molecule has 0 amide bonds. The molecule has 0 spiro atoms. The van der Waals surface area contributed by atoms with Crippen LogP contribution < -0.4 is 0 Å². The Bertz CT molecular complexity index is 150. The van der Waals surface area contributed by atoms with Crippen LogP contribution in [0.2, 0.25) is 0 Å². The van der Waals surface area contributed by atoms with Crippen LogP contribution in [0.3, 0.4) is 0 Å². The van der Waals surface area contributed by atoms with E-state index in [1.807, 2.05) is 0 Å². The second-order valence-corrected chi connectivity index (χ2v) is 3.63. The third-order valence-corrected chi connectivity index (χ3v) is 2.60. The number of rotatable bonds is 4. The van der Waals surface area contributed by atoms with Crippen LogP contribution in [0.5, 0.6) is 0 Å². The molecule has 0 aromatic carbocycles. The molecule has 0 unspecified atom stereocenters. The molecule has 2 nitrogen and oxygen atoms in total. The minimum Gasteiger partial charge on any atom is -0.381 e. The van der Waals surface area contributed by atoms with Crippen LogP contribution in [0.25, 0.3) is 0 Å². The van der Waals surface area contributed by atoms with Crippen LogP contribution in [0.4, 0.5) is 0 Å². The van der Waals surface area contributed by atoms with Gasteiger partial charge < -0.3 is 9.64 Å². The van der Waals surface area contributed by atoms with E-state index in [1.165, 1.54) is 19.4 Å². The Balaban J connectivity index is 2.27. The van der Waals surface area contributed by atoms with E-state index < -0.39 is 0 Å². The summed E-state index contributed by atoms with van der Waals surface area (Å²) in [5, 5.41) is 0. The largest absolute Gasteiger partial charge is 0.381 e. The highest BCUT2D eigenvalue weighted by molar-refractivity contribution is 4.80. The van der Waals surface area contributed by atoms with Crippen LogP contribution in [0.1, 0.15) is 26.7 Å². The summed E-state index contributed by atoms with van der Waals surface area (Å²) in [4.78, 5) is 2.38. The number of hydrogen-bond donors (Lipinski definition) is 0. The predicted molar refractivity (Wildman–Crippen MR) is 55.6 cm³/mol. The minimum absolute atomic E-state index is 0.838. The fourth-order valence-electron chi connectivity index (χ4n) is 1.77. The molecule has 76 valence electrons. The van der Waals surface area contributed by atoms with Crippen molar-refractivity contribution in [3.8, 4) is 0 Å². The second kappa shape index (κ2) is 6.03. The predicted octanol–water partition coefficient (Wildman–Crippen LogP) is 2.27. The zero-order valence-electron chi connectivity index (χ0n) is 8.83. The van der Waals surface area contributed by atoms with Crippen molar-refractivity contribution < 1.29 is 4.74 Å². The smallest absolute Gasteiger partial charge is 0.0469 e. The summed E-state index contributed by atoms with van der Waals surface area (Å²) < 4.78 is 5.34. The third kappa shape index (κ3) is 3.81. The van der Waals surface area contributed by atoms with Gasteiger partial charge in [-0.05, 0) is 38.8 Å². The maximum atomic E-state index is 5.34. The first-order valence-electron chi connectivity index (χ1n) is 5.31. The molecule has 0 aromatic rings. The lowest BCUT2D eigenvalue weighted by atomic mass is 10.00. The van der Waals surface area contributed by atoms with Gasteiger partial charge in [0.15, 0.2) is 0 Å². The molecule has 0 aliphatic carbocycles. The lowest BCUT2D eigenvalue weighted by molar-refractivity contribution is 0.0582. The standard InChI is InChI=1S/C11H21NO/c1-3-7-12(4-2)10-11-5-8-13-9-6-11/h3,7,11H,4-6,8-10H2,1-2H3/b7-3-. The third-order valence-electron chi connectivity index (χ3n) is 2.60. The summed E-state index contributed by atoms with van der Waals surface area (Å²) in [5.74, 6) is 0.838. The summed E-state index contributed by atoms with van der Waals surface area (Å²) in [5.41, 5.74) is 0. The maximum Gasteiger partial charge on any atom is 0.0469 e. The summed E-state index contributed by atoms with van der Waals surface area (Å²) in [6.45, 7) is 8.51. The highest BCUT2D eigenvalue weighted by atomic mass is 16.5. The summed E-state index contributed by atoms with van der Waals surface area (Å²) >= 11 is 0. The Morgan fingerprint density at radius 2 is 2.08 bits per heavy atom. The quantitative estimate of drug-likeness (QED) is 0.663. The van der Waals surface area contributed by atoms with Crippen LogP contribution >= 0.6 is 0 Å². The molecule has 1 fully saturated rings. The zero-order chi connectivity index (χ0) is 9.52. The van der Waals surface area contributed by atoms with Gasteiger partial charge in [0.1, 0.15) is 0 Å². The molecule has 1 rings (SSSR count). The summed E-state index contributed by atoms with van der Waals surface area (Å²) in [6, 6.07) is 0. The molecule has 0 radical (unpaired) electrons. The second-order valence-electron chi connectivity index (χ2n) is 3.63. The van der Waals surface area contributed by atoms with E-state index in [2.05, 4.69) is 31.0 Å². The van der Waals surface area contributed by atoms with E-state index in [0.29, 0.717) is 0 Å². The molecule has 0 N–H and O–H groups in total. The molecule has 1 heterocycles.